The lowest BCUT2D eigenvalue weighted by Gasteiger charge is -2.26. The van der Waals surface area contributed by atoms with Gasteiger partial charge in [0.05, 0.1) is 13.2 Å². The SMILES string of the molecule is COc1c(C)cc(C2NCCc3c2[nH]c2ccc(C)cc32)cc1C. The summed E-state index contributed by atoms with van der Waals surface area (Å²) in [6, 6.07) is 11.4. The smallest absolute Gasteiger partial charge is 0.124 e. The highest BCUT2D eigenvalue weighted by Crippen LogP contribution is 2.36. The molecule has 0 saturated carbocycles. The minimum Gasteiger partial charge on any atom is -0.496 e. The number of aromatic amines is 1. The third kappa shape index (κ3) is 2.31. The van der Waals surface area contributed by atoms with Crippen molar-refractivity contribution >= 4 is 10.9 Å². The van der Waals surface area contributed by atoms with Crippen LogP contribution in [0.5, 0.6) is 5.75 Å². The number of hydrogen-bond acceptors (Lipinski definition) is 2. The van der Waals surface area contributed by atoms with Gasteiger partial charge in [-0.25, -0.2) is 0 Å². The second-order valence-corrected chi connectivity index (χ2v) is 6.89. The quantitative estimate of drug-likeness (QED) is 0.737. The zero-order valence-corrected chi connectivity index (χ0v) is 14.8. The number of benzene rings is 2. The average Bonchev–Trinajstić information content (AvgIpc) is 2.92. The molecule has 4 rings (SSSR count). The van der Waals surface area contributed by atoms with Crippen molar-refractivity contribution in [2.75, 3.05) is 13.7 Å². The zero-order valence-electron chi connectivity index (χ0n) is 14.8. The zero-order chi connectivity index (χ0) is 16.8. The Morgan fingerprint density at radius 3 is 2.50 bits per heavy atom. The minimum atomic E-state index is 0.213. The van der Waals surface area contributed by atoms with E-state index in [1.165, 1.54) is 44.4 Å². The molecule has 1 aliphatic heterocycles. The van der Waals surface area contributed by atoms with Gasteiger partial charge in [0.25, 0.3) is 0 Å². The molecule has 1 unspecified atom stereocenters. The maximum Gasteiger partial charge on any atom is 0.124 e. The van der Waals surface area contributed by atoms with Crippen molar-refractivity contribution in [3.05, 3.63) is 63.8 Å². The molecule has 124 valence electrons. The number of nitrogens with one attached hydrogen (secondary N) is 2. The Hall–Kier alpha value is -2.26. The van der Waals surface area contributed by atoms with Crippen molar-refractivity contribution in [3.8, 4) is 5.75 Å². The highest BCUT2D eigenvalue weighted by atomic mass is 16.5. The van der Waals surface area contributed by atoms with E-state index in [0.717, 1.165) is 18.7 Å². The largest absolute Gasteiger partial charge is 0.496 e. The number of fused-ring (bicyclic) bond motifs is 3. The molecule has 1 atom stereocenters. The van der Waals surface area contributed by atoms with Crippen molar-refractivity contribution in [2.24, 2.45) is 0 Å². The Labute approximate surface area is 143 Å². The van der Waals surface area contributed by atoms with Crippen LogP contribution in [-0.4, -0.2) is 18.6 Å². The van der Waals surface area contributed by atoms with Crippen LogP contribution in [0.1, 0.15) is 39.6 Å². The van der Waals surface area contributed by atoms with E-state index in [0.29, 0.717) is 0 Å². The third-order valence-corrected chi connectivity index (χ3v) is 5.13. The van der Waals surface area contributed by atoms with Gasteiger partial charge >= 0.3 is 0 Å². The topological polar surface area (TPSA) is 37.0 Å². The Kier molecular flexibility index (Phi) is 3.61. The molecule has 0 saturated heterocycles. The highest BCUT2D eigenvalue weighted by molar-refractivity contribution is 5.86. The number of ether oxygens (including phenoxy) is 1. The van der Waals surface area contributed by atoms with Crippen LogP contribution in [-0.2, 0) is 6.42 Å². The van der Waals surface area contributed by atoms with Gasteiger partial charge < -0.3 is 15.0 Å². The molecule has 0 spiro atoms. The Morgan fingerprint density at radius 1 is 1.04 bits per heavy atom. The van der Waals surface area contributed by atoms with E-state index in [1.807, 2.05) is 0 Å². The normalized spacial score (nSPS) is 17.1. The first kappa shape index (κ1) is 15.3. The monoisotopic (exact) mass is 320 g/mol. The van der Waals surface area contributed by atoms with Gasteiger partial charge in [-0.15, -0.1) is 0 Å². The lowest BCUT2D eigenvalue weighted by molar-refractivity contribution is 0.408. The number of rotatable bonds is 2. The van der Waals surface area contributed by atoms with Crippen molar-refractivity contribution in [1.82, 2.24) is 10.3 Å². The van der Waals surface area contributed by atoms with Crippen LogP contribution in [0.2, 0.25) is 0 Å². The number of aryl methyl sites for hydroxylation is 3. The Balaban J connectivity index is 1.87. The molecule has 2 N–H and O–H groups in total. The van der Waals surface area contributed by atoms with Crippen molar-refractivity contribution in [2.45, 2.75) is 33.2 Å². The molecule has 0 fully saturated rings. The number of methoxy groups -OCH3 is 1. The first-order valence-electron chi connectivity index (χ1n) is 8.58. The van der Waals surface area contributed by atoms with Gasteiger partial charge in [0.1, 0.15) is 5.75 Å². The molecule has 0 bridgehead atoms. The number of aromatic nitrogens is 1. The van der Waals surface area contributed by atoms with E-state index in [-0.39, 0.29) is 6.04 Å². The predicted molar refractivity (Wildman–Crippen MR) is 99.1 cm³/mol. The van der Waals surface area contributed by atoms with Crippen LogP contribution in [0, 0.1) is 20.8 Å². The summed E-state index contributed by atoms with van der Waals surface area (Å²) in [5.41, 5.74) is 9.00. The van der Waals surface area contributed by atoms with Crippen LogP contribution in [0.15, 0.2) is 30.3 Å². The fourth-order valence-electron chi connectivity index (χ4n) is 4.10. The van der Waals surface area contributed by atoms with Gasteiger partial charge in [-0.2, -0.15) is 0 Å². The molecule has 24 heavy (non-hydrogen) atoms. The average molecular weight is 320 g/mol. The molecule has 0 aliphatic carbocycles. The highest BCUT2D eigenvalue weighted by Gasteiger charge is 2.26. The summed E-state index contributed by atoms with van der Waals surface area (Å²) in [5, 5.41) is 5.06. The van der Waals surface area contributed by atoms with Gasteiger partial charge in [0, 0.05) is 23.1 Å². The molecule has 3 heteroatoms. The maximum absolute atomic E-state index is 5.52. The van der Waals surface area contributed by atoms with E-state index in [4.69, 9.17) is 4.74 Å². The van der Waals surface area contributed by atoms with Gasteiger partial charge in [-0.05, 0) is 61.6 Å². The first-order chi connectivity index (χ1) is 11.6. The maximum atomic E-state index is 5.52. The van der Waals surface area contributed by atoms with E-state index in [9.17, 15) is 0 Å². The third-order valence-electron chi connectivity index (χ3n) is 5.13. The minimum absolute atomic E-state index is 0.213. The second kappa shape index (κ2) is 5.67. The molecular weight excluding hydrogens is 296 g/mol. The Morgan fingerprint density at radius 2 is 1.79 bits per heavy atom. The molecule has 0 radical (unpaired) electrons. The van der Waals surface area contributed by atoms with Gasteiger partial charge in [-0.1, -0.05) is 23.8 Å². The summed E-state index contributed by atoms with van der Waals surface area (Å²) in [5.74, 6) is 0.988. The first-order valence-corrected chi connectivity index (χ1v) is 8.58. The number of H-pyrrole nitrogens is 1. The van der Waals surface area contributed by atoms with E-state index in [1.54, 1.807) is 7.11 Å². The molecule has 1 aromatic heterocycles. The molecule has 2 heterocycles. The van der Waals surface area contributed by atoms with Gasteiger partial charge in [0.2, 0.25) is 0 Å². The fourth-order valence-corrected chi connectivity index (χ4v) is 4.10. The summed E-state index contributed by atoms with van der Waals surface area (Å²) in [4.78, 5) is 3.67. The summed E-state index contributed by atoms with van der Waals surface area (Å²) < 4.78 is 5.52. The lowest BCUT2D eigenvalue weighted by atomic mass is 9.92. The van der Waals surface area contributed by atoms with Gasteiger partial charge in [-0.3, -0.25) is 0 Å². The van der Waals surface area contributed by atoms with Crippen LogP contribution in [0.25, 0.3) is 10.9 Å². The predicted octanol–water partition coefficient (Wildman–Crippen LogP) is 4.34. The molecule has 3 aromatic rings. The number of hydrogen-bond donors (Lipinski definition) is 2. The van der Waals surface area contributed by atoms with Crippen LogP contribution >= 0.6 is 0 Å². The summed E-state index contributed by atoms with van der Waals surface area (Å²) in [6.45, 7) is 7.40. The van der Waals surface area contributed by atoms with Crippen LogP contribution < -0.4 is 10.1 Å². The fraction of sp³-hybridized carbons (Fsp3) is 0.333. The summed E-state index contributed by atoms with van der Waals surface area (Å²) in [7, 11) is 1.74. The molecular formula is C21H24N2O. The Bertz CT molecular complexity index is 900. The van der Waals surface area contributed by atoms with E-state index < -0.39 is 0 Å². The van der Waals surface area contributed by atoms with Crippen LogP contribution in [0.4, 0.5) is 0 Å². The second-order valence-electron chi connectivity index (χ2n) is 6.89. The molecule has 1 aliphatic rings. The molecule has 2 aromatic carbocycles. The van der Waals surface area contributed by atoms with Crippen molar-refractivity contribution in [3.63, 3.8) is 0 Å². The van der Waals surface area contributed by atoms with E-state index >= 15 is 0 Å². The van der Waals surface area contributed by atoms with Crippen LogP contribution in [0.3, 0.4) is 0 Å². The summed E-state index contributed by atoms with van der Waals surface area (Å²) in [6.07, 6.45) is 1.07. The summed E-state index contributed by atoms with van der Waals surface area (Å²) >= 11 is 0. The standard InChI is InChI=1S/C21H24N2O/c1-12-5-6-18-17(9-12)16-7-8-22-19(20(16)23-18)15-10-13(2)21(24-4)14(3)11-15/h5-6,9-11,19,22-23H,7-8H2,1-4H3. The molecule has 0 amide bonds. The van der Waals surface area contributed by atoms with Gasteiger partial charge in [0.15, 0.2) is 0 Å². The molecule has 3 nitrogen and oxygen atoms in total. The van der Waals surface area contributed by atoms with Crippen molar-refractivity contribution in [1.29, 1.82) is 0 Å². The van der Waals surface area contributed by atoms with Crippen molar-refractivity contribution < 1.29 is 4.74 Å². The van der Waals surface area contributed by atoms with E-state index in [2.05, 4.69) is 61.4 Å². The lowest BCUT2D eigenvalue weighted by Crippen LogP contribution is -2.30.